The first-order chi connectivity index (χ1) is 11.5. The van der Waals surface area contributed by atoms with E-state index in [4.69, 9.17) is 0 Å². The van der Waals surface area contributed by atoms with Crippen molar-refractivity contribution in [1.29, 1.82) is 0 Å². The third kappa shape index (κ3) is 4.01. The molecule has 0 unspecified atom stereocenters. The van der Waals surface area contributed by atoms with E-state index in [0.29, 0.717) is 11.3 Å². The van der Waals surface area contributed by atoms with E-state index in [1.807, 2.05) is 0 Å². The smallest absolute Gasteiger partial charge is 0.271 e. The molecule has 1 aliphatic rings. The van der Waals surface area contributed by atoms with Crippen molar-refractivity contribution in [3.8, 4) is 0 Å². The largest absolute Gasteiger partial charge is 0.279 e. The number of thiophene rings is 1. The maximum atomic E-state index is 12.1. The summed E-state index contributed by atoms with van der Waals surface area (Å²) in [6, 6.07) is 9.47. The molecule has 1 heterocycles. The van der Waals surface area contributed by atoms with Gasteiger partial charge in [-0.3, -0.25) is 9.52 Å². The van der Waals surface area contributed by atoms with Gasteiger partial charge in [0, 0.05) is 17.0 Å². The zero-order valence-corrected chi connectivity index (χ0v) is 14.5. The van der Waals surface area contributed by atoms with Crippen molar-refractivity contribution in [2.24, 2.45) is 5.10 Å². The average Bonchev–Trinajstić information content (AvgIpc) is 3.26. The molecule has 24 heavy (non-hydrogen) atoms. The molecule has 0 spiro atoms. The van der Waals surface area contributed by atoms with E-state index in [1.54, 1.807) is 35.7 Å². The predicted octanol–water partition coefficient (Wildman–Crippen LogP) is 3.21. The second kappa shape index (κ2) is 7.14. The highest BCUT2D eigenvalue weighted by Gasteiger charge is 2.15. The number of nitrogens with one attached hydrogen (secondary N) is 2. The van der Waals surface area contributed by atoms with Crippen LogP contribution < -0.4 is 10.1 Å². The second-order valence-corrected chi connectivity index (χ2v) is 8.30. The van der Waals surface area contributed by atoms with Gasteiger partial charge in [0.1, 0.15) is 4.21 Å². The third-order valence-corrected chi connectivity index (χ3v) is 6.43. The van der Waals surface area contributed by atoms with E-state index < -0.39 is 10.0 Å². The minimum Gasteiger partial charge on any atom is -0.279 e. The Hall–Kier alpha value is -2.19. The summed E-state index contributed by atoms with van der Waals surface area (Å²) in [5.74, 6) is -0.304. The van der Waals surface area contributed by atoms with Crippen LogP contribution in [0.15, 0.2) is 51.1 Å². The zero-order chi connectivity index (χ0) is 17.0. The first-order valence-corrected chi connectivity index (χ1v) is 9.93. The minimum atomic E-state index is -3.58. The fourth-order valence-corrected chi connectivity index (χ4v) is 4.45. The topological polar surface area (TPSA) is 87.6 Å². The molecule has 0 atom stereocenters. The van der Waals surface area contributed by atoms with Crippen molar-refractivity contribution in [3.63, 3.8) is 0 Å². The van der Waals surface area contributed by atoms with E-state index in [-0.39, 0.29) is 10.1 Å². The number of rotatable bonds is 5. The Morgan fingerprint density at radius 1 is 1.08 bits per heavy atom. The van der Waals surface area contributed by atoms with Gasteiger partial charge >= 0.3 is 0 Å². The van der Waals surface area contributed by atoms with Crippen molar-refractivity contribution >= 4 is 38.7 Å². The number of anilines is 1. The molecule has 1 aromatic heterocycles. The average molecular weight is 363 g/mol. The van der Waals surface area contributed by atoms with Gasteiger partial charge < -0.3 is 0 Å². The van der Waals surface area contributed by atoms with Gasteiger partial charge in [0.15, 0.2) is 0 Å². The van der Waals surface area contributed by atoms with E-state index in [0.717, 1.165) is 42.7 Å². The Kier molecular flexibility index (Phi) is 4.96. The molecule has 6 nitrogen and oxygen atoms in total. The highest BCUT2D eigenvalue weighted by atomic mass is 32.2. The van der Waals surface area contributed by atoms with Crippen LogP contribution in [0.1, 0.15) is 36.0 Å². The fourth-order valence-electron chi connectivity index (χ4n) is 2.40. The number of hydrogen-bond donors (Lipinski definition) is 2. The van der Waals surface area contributed by atoms with Crippen LogP contribution in [0.2, 0.25) is 0 Å². The van der Waals surface area contributed by atoms with Crippen molar-refractivity contribution in [1.82, 2.24) is 5.43 Å². The van der Waals surface area contributed by atoms with E-state index in [9.17, 15) is 13.2 Å². The quantitative estimate of drug-likeness (QED) is 0.800. The molecule has 0 aliphatic heterocycles. The molecule has 1 amide bonds. The number of amides is 1. The Labute approximate surface area is 144 Å². The lowest BCUT2D eigenvalue weighted by Gasteiger charge is -2.07. The molecule has 0 radical (unpaired) electrons. The van der Waals surface area contributed by atoms with E-state index >= 15 is 0 Å². The summed E-state index contributed by atoms with van der Waals surface area (Å²) in [6.45, 7) is 0. The number of nitrogens with zero attached hydrogens (tertiary/aromatic N) is 1. The van der Waals surface area contributed by atoms with Crippen LogP contribution in [-0.2, 0) is 10.0 Å². The number of carbonyl (C=O) groups excluding carboxylic acids is 1. The lowest BCUT2D eigenvalue weighted by Crippen LogP contribution is -2.19. The van der Waals surface area contributed by atoms with Crippen LogP contribution in [0.25, 0.3) is 0 Å². The zero-order valence-electron chi connectivity index (χ0n) is 12.9. The monoisotopic (exact) mass is 363 g/mol. The van der Waals surface area contributed by atoms with Gasteiger partial charge in [-0.25, -0.2) is 13.8 Å². The SMILES string of the molecule is O=C(NN=C1CCCC1)c1ccc(NS(=O)(=O)c2cccs2)cc1. The number of hydrogen-bond acceptors (Lipinski definition) is 5. The maximum absolute atomic E-state index is 12.1. The summed E-state index contributed by atoms with van der Waals surface area (Å²) < 4.78 is 27.0. The van der Waals surface area contributed by atoms with Crippen molar-refractivity contribution < 1.29 is 13.2 Å². The Morgan fingerprint density at radius 2 is 1.79 bits per heavy atom. The van der Waals surface area contributed by atoms with Crippen LogP contribution in [0.5, 0.6) is 0 Å². The third-order valence-electron chi connectivity index (χ3n) is 3.66. The van der Waals surface area contributed by atoms with Crippen molar-refractivity contribution in [2.75, 3.05) is 4.72 Å². The number of hydrazone groups is 1. The van der Waals surface area contributed by atoms with E-state index in [2.05, 4.69) is 15.2 Å². The summed E-state index contributed by atoms with van der Waals surface area (Å²) in [6.07, 6.45) is 4.11. The van der Waals surface area contributed by atoms with Gasteiger partial charge in [-0.2, -0.15) is 5.10 Å². The minimum absolute atomic E-state index is 0.247. The van der Waals surface area contributed by atoms with Crippen molar-refractivity contribution in [2.45, 2.75) is 29.9 Å². The Morgan fingerprint density at radius 3 is 2.42 bits per heavy atom. The van der Waals surface area contributed by atoms with Gasteiger partial charge in [0.05, 0.1) is 0 Å². The molecule has 8 heteroatoms. The van der Waals surface area contributed by atoms with Crippen LogP contribution >= 0.6 is 11.3 Å². The molecular formula is C16H17N3O3S2. The van der Waals surface area contributed by atoms with Gasteiger partial charge in [0.2, 0.25) is 0 Å². The van der Waals surface area contributed by atoms with Crippen LogP contribution in [0.4, 0.5) is 5.69 Å². The second-order valence-electron chi connectivity index (χ2n) is 5.44. The first-order valence-electron chi connectivity index (χ1n) is 7.57. The van der Waals surface area contributed by atoms with Crippen LogP contribution in [0.3, 0.4) is 0 Å². The highest BCUT2D eigenvalue weighted by Crippen LogP contribution is 2.20. The van der Waals surface area contributed by atoms with Crippen LogP contribution in [-0.4, -0.2) is 20.0 Å². The number of benzene rings is 1. The fraction of sp³-hybridized carbons (Fsp3) is 0.250. The Balaban J connectivity index is 1.65. The number of sulfonamides is 1. The summed E-state index contributed by atoms with van der Waals surface area (Å²) >= 11 is 1.15. The maximum Gasteiger partial charge on any atom is 0.271 e. The molecule has 3 rings (SSSR count). The Bertz CT molecular complexity index is 833. The molecular weight excluding hydrogens is 346 g/mol. The molecule has 1 saturated carbocycles. The summed E-state index contributed by atoms with van der Waals surface area (Å²) in [7, 11) is -3.58. The molecule has 1 fully saturated rings. The van der Waals surface area contributed by atoms with Crippen molar-refractivity contribution in [3.05, 3.63) is 47.3 Å². The molecule has 0 saturated heterocycles. The van der Waals surface area contributed by atoms with Gasteiger partial charge in [-0.05, 0) is 61.4 Å². The van der Waals surface area contributed by atoms with E-state index in [1.165, 1.54) is 6.07 Å². The summed E-state index contributed by atoms with van der Waals surface area (Å²) in [5, 5.41) is 5.82. The molecule has 2 aromatic rings. The van der Waals surface area contributed by atoms with Gasteiger partial charge in [0.25, 0.3) is 15.9 Å². The highest BCUT2D eigenvalue weighted by molar-refractivity contribution is 7.94. The van der Waals surface area contributed by atoms with Gasteiger partial charge in [-0.1, -0.05) is 6.07 Å². The predicted molar refractivity (Wildman–Crippen MR) is 94.9 cm³/mol. The normalized spacial score (nSPS) is 14.4. The van der Waals surface area contributed by atoms with Gasteiger partial charge in [-0.15, -0.1) is 11.3 Å². The molecule has 1 aliphatic carbocycles. The summed E-state index contributed by atoms with van der Waals surface area (Å²) in [5.41, 5.74) is 4.39. The standard InChI is InChI=1S/C16H17N3O3S2/c20-16(18-17-13-4-1-2-5-13)12-7-9-14(10-8-12)19-24(21,22)15-6-3-11-23-15/h3,6-11,19H,1-2,4-5H2,(H,18,20). The lowest BCUT2D eigenvalue weighted by molar-refractivity contribution is 0.0954. The molecule has 0 bridgehead atoms. The first kappa shape index (κ1) is 16.7. The molecule has 1 aromatic carbocycles. The van der Waals surface area contributed by atoms with Crippen LogP contribution in [0, 0.1) is 0 Å². The molecule has 2 N–H and O–H groups in total. The number of carbonyl (C=O) groups is 1. The lowest BCUT2D eigenvalue weighted by atomic mass is 10.2. The summed E-state index contributed by atoms with van der Waals surface area (Å²) in [4.78, 5) is 12.0. The molecule has 126 valence electrons.